The van der Waals surface area contributed by atoms with E-state index in [-0.39, 0.29) is 17.1 Å². The van der Waals surface area contributed by atoms with Gasteiger partial charge in [-0.2, -0.15) is 0 Å². The van der Waals surface area contributed by atoms with Gasteiger partial charge < -0.3 is 19.5 Å². The van der Waals surface area contributed by atoms with Gasteiger partial charge in [0.05, 0.1) is 38.0 Å². The third kappa shape index (κ3) is 6.83. The van der Waals surface area contributed by atoms with Crippen molar-refractivity contribution in [2.45, 2.75) is 18.0 Å². The Morgan fingerprint density at radius 3 is 2.24 bits per heavy atom. The Balaban J connectivity index is 1.47. The molecule has 0 radical (unpaired) electrons. The van der Waals surface area contributed by atoms with Crippen molar-refractivity contribution in [3.63, 3.8) is 0 Å². The van der Waals surface area contributed by atoms with Gasteiger partial charge in [0.25, 0.3) is 10.0 Å². The Kier molecular flexibility index (Phi) is 9.22. The molecule has 3 aromatic carbocycles. The maximum Gasteiger partial charge on any atom is 0.264 e. The van der Waals surface area contributed by atoms with E-state index in [0.717, 1.165) is 42.7 Å². The lowest BCUT2D eigenvalue weighted by Gasteiger charge is -2.26. The van der Waals surface area contributed by atoms with E-state index in [2.05, 4.69) is 10.2 Å². The summed E-state index contributed by atoms with van der Waals surface area (Å²) in [5, 5.41) is 2.85. The van der Waals surface area contributed by atoms with Crippen molar-refractivity contribution in [2.75, 3.05) is 51.4 Å². The molecule has 1 fully saturated rings. The summed E-state index contributed by atoms with van der Waals surface area (Å²) in [5.74, 6) is 0.377. The van der Waals surface area contributed by atoms with Crippen LogP contribution in [-0.4, -0.2) is 66.3 Å². The largest absolute Gasteiger partial charge is 0.493 e. The van der Waals surface area contributed by atoms with Crippen LogP contribution in [0.25, 0.3) is 0 Å². The summed E-state index contributed by atoms with van der Waals surface area (Å²) in [6, 6.07) is 20.8. The van der Waals surface area contributed by atoms with Crippen LogP contribution >= 0.6 is 0 Å². The lowest BCUT2D eigenvalue weighted by atomic mass is 10.1. The summed E-state index contributed by atoms with van der Waals surface area (Å²) < 4.78 is 44.2. The van der Waals surface area contributed by atoms with Gasteiger partial charge in [0.2, 0.25) is 5.91 Å². The van der Waals surface area contributed by atoms with E-state index in [1.807, 2.05) is 24.3 Å². The number of nitrogens with zero attached hydrogens (tertiary/aromatic N) is 2. The molecule has 3 aromatic rings. The van der Waals surface area contributed by atoms with Crippen LogP contribution in [0.4, 0.5) is 5.69 Å². The quantitative estimate of drug-likeness (QED) is 0.400. The van der Waals surface area contributed by atoms with E-state index < -0.39 is 22.5 Å². The van der Waals surface area contributed by atoms with E-state index in [1.54, 1.807) is 36.4 Å². The second kappa shape index (κ2) is 12.8. The Morgan fingerprint density at radius 1 is 0.921 bits per heavy atom. The smallest absolute Gasteiger partial charge is 0.264 e. The standard InChI is InChI=1S/C28H33N3O6S/c1-35-26-13-12-24(18-27(26)36-2)31(38(33,34)25-6-4-3-5-7-25)21-28(32)29-19-22-8-10-23(11-9-22)20-30-14-16-37-17-15-30/h3-13,18H,14-17,19-21H2,1-2H3,(H,29,32). The van der Waals surface area contributed by atoms with E-state index in [1.165, 1.54) is 31.9 Å². The van der Waals surface area contributed by atoms with Gasteiger partial charge >= 0.3 is 0 Å². The maximum absolute atomic E-state index is 13.6. The Hall–Kier alpha value is -3.60. The monoisotopic (exact) mass is 539 g/mol. The molecule has 1 N–H and O–H groups in total. The number of ether oxygens (including phenoxy) is 3. The van der Waals surface area contributed by atoms with Crippen LogP contribution < -0.4 is 19.1 Å². The van der Waals surface area contributed by atoms with Crippen LogP contribution in [0.1, 0.15) is 11.1 Å². The first-order valence-electron chi connectivity index (χ1n) is 12.3. The van der Waals surface area contributed by atoms with Crippen molar-refractivity contribution < 1.29 is 27.4 Å². The van der Waals surface area contributed by atoms with Gasteiger partial charge in [-0.05, 0) is 35.4 Å². The van der Waals surface area contributed by atoms with Crippen LogP contribution in [0.15, 0.2) is 77.7 Å². The van der Waals surface area contributed by atoms with Crippen molar-refractivity contribution >= 4 is 21.6 Å². The molecule has 1 heterocycles. The van der Waals surface area contributed by atoms with Crippen LogP contribution in [0, 0.1) is 0 Å². The molecule has 0 saturated carbocycles. The fourth-order valence-corrected chi connectivity index (χ4v) is 5.62. The maximum atomic E-state index is 13.6. The summed E-state index contributed by atoms with van der Waals surface area (Å²) in [7, 11) is -1.07. The highest BCUT2D eigenvalue weighted by Crippen LogP contribution is 2.33. The lowest BCUT2D eigenvalue weighted by molar-refractivity contribution is -0.119. The first-order valence-corrected chi connectivity index (χ1v) is 13.8. The van der Waals surface area contributed by atoms with Gasteiger partial charge in [0, 0.05) is 32.2 Å². The average Bonchev–Trinajstić information content (AvgIpc) is 2.96. The molecule has 1 amide bonds. The molecule has 0 spiro atoms. The van der Waals surface area contributed by atoms with Crippen molar-refractivity contribution in [2.24, 2.45) is 0 Å². The molecule has 38 heavy (non-hydrogen) atoms. The van der Waals surface area contributed by atoms with Crippen LogP contribution in [0.5, 0.6) is 11.5 Å². The number of hydrogen-bond acceptors (Lipinski definition) is 7. The number of carbonyl (C=O) groups is 1. The fraction of sp³-hybridized carbons (Fsp3) is 0.321. The number of methoxy groups -OCH3 is 2. The Bertz CT molecular complexity index is 1310. The summed E-state index contributed by atoms with van der Waals surface area (Å²) in [6.45, 7) is 4.08. The summed E-state index contributed by atoms with van der Waals surface area (Å²) in [4.78, 5) is 15.4. The topological polar surface area (TPSA) is 97.4 Å². The zero-order valence-corrected chi connectivity index (χ0v) is 22.4. The lowest BCUT2D eigenvalue weighted by Crippen LogP contribution is -2.40. The van der Waals surface area contributed by atoms with Crippen LogP contribution in [-0.2, 0) is 32.6 Å². The molecule has 1 aliphatic heterocycles. The number of amides is 1. The number of rotatable bonds is 11. The first-order chi connectivity index (χ1) is 18.4. The highest BCUT2D eigenvalue weighted by atomic mass is 32.2. The number of carbonyl (C=O) groups excluding carboxylic acids is 1. The minimum Gasteiger partial charge on any atom is -0.493 e. The van der Waals surface area contributed by atoms with Crippen molar-refractivity contribution in [1.82, 2.24) is 10.2 Å². The predicted molar refractivity (Wildman–Crippen MR) is 145 cm³/mol. The Morgan fingerprint density at radius 2 is 1.58 bits per heavy atom. The number of benzene rings is 3. The number of anilines is 1. The minimum atomic E-state index is -4.03. The van der Waals surface area contributed by atoms with Gasteiger partial charge in [-0.1, -0.05) is 42.5 Å². The summed E-state index contributed by atoms with van der Waals surface area (Å²) >= 11 is 0. The summed E-state index contributed by atoms with van der Waals surface area (Å²) in [5.41, 5.74) is 2.40. The number of sulfonamides is 1. The van der Waals surface area contributed by atoms with Gasteiger partial charge in [0.1, 0.15) is 6.54 Å². The fourth-order valence-electron chi connectivity index (χ4n) is 4.18. The molecule has 0 aliphatic carbocycles. The number of morpholine rings is 1. The first kappa shape index (κ1) is 27.4. The molecular formula is C28H33N3O6S. The number of nitrogens with one attached hydrogen (secondary N) is 1. The predicted octanol–water partition coefficient (Wildman–Crippen LogP) is 3.05. The highest BCUT2D eigenvalue weighted by molar-refractivity contribution is 7.92. The van der Waals surface area contributed by atoms with Crippen LogP contribution in [0.3, 0.4) is 0 Å². The molecule has 9 nitrogen and oxygen atoms in total. The third-order valence-electron chi connectivity index (χ3n) is 6.30. The molecule has 1 saturated heterocycles. The molecule has 10 heteroatoms. The van der Waals surface area contributed by atoms with Gasteiger partial charge in [-0.15, -0.1) is 0 Å². The Labute approximate surface area is 224 Å². The van der Waals surface area contributed by atoms with E-state index in [0.29, 0.717) is 11.5 Å². The summed E-state index contributed by atoms with van der Waals surface area (Å²) in [6.07, 6.45) is 0. The third-order valence-corrected chi connectivity index (χ3v) is 8.08. The molecule has 0 unspecified atom stereocenters. The van der Waals surface area contributed by atoms with Crippen molar-refractivity contribution in [1.29, 1.82) is 0 Å². The molecule has 1 aliphatic rings. The molecule has 4 rings (SSSR count). The zero-order chi connectivity index (χ0) is 27.0. The molecule has 202 valence electrons. The normalized spacial score (nSPS) is 14.1. The van der Waals surface area contributed by atoms with Crippen molar-refractivity contribution in [3.8, 4) is 11.5 Å². The molecule has 0 aromatic heterocycles. The number of hydrogen-bond donors (Lipinski definition) is 1. The van der Waals surface area contributed by atoms with Crippen molar-refractivity contribution in [3.05, 3.63) is 83.9 Å². The van der Waals surface area contributed by atoms with E-state index in [9.17, 15) is 13.2 Å². The highest BCUT2D eigenvalue weighted by Gasteiger charge is 2.28. The van der Waals surface area contributed by atoms with Crippen LogP contribution in [0.2, 0.25) is 0 Å². The zero-order valence-electron chi connectivity index (χ0n) is 21.6. The van der Waals surface area contributed by atoms with Gasteiger partial charge in [-0.3, -0.25) is 14.0 Å². The SMILES string of the molecule is COc1ccc(N(CC(=O)NCc2ccc(CN3CCOCC3)cc2)S(=O)(=O)c2ccccc2)cc1OC. The second-order valence-electron chi connectivity index (χ2n) is 8.85. The second-order valence-corrected chi connectivity index (χ2v) is 10.7. The average molecular weight is 540 g/mol. The molecule has 0 bridgehead atoms. The minimum absolute atomic E-state index is 0.0819. The van der Waals surface area contributed by atoms with Gasteiger partial charge in [0.15, 0.2) is 11.5 Å². The molecular weight excluding hydrogens is 506 g/mol. The molecule has 0 atom stereocenters. The van der Waals surface area contributed by atoms with E-state index >= 15 is 0 Å². The van der Waals surface area contributed by atoms with Gasteiger partial charge in [-0.25, -0.2) is 8.42 Å². The van der Waals surface area contributed by atoms with E-state index in [4.69, 9.17) is 14.2 Å².